The van der Waals surface area contributed by atoms with Crippen molar-refractivity contribution in [2.24, 2.45) is 0 Å². The van der Waals surface area contributed by atoms with Gasteiger partial charge >= 0.3 is 0 Å². The minimum atomic E-state index is -3.83. The van der Waals surface area contributed by atoms with Gasteiger partial charge in [0.05, 0.1) is 10.4 Å². The Kier molecular flexibility index (Phi) is 5.31. The summed E-state index contributed by atoms with van der Waals surface area (Å²) in [6.07, 6.45) is 0. The van der Waals surface area contributed by atoms with Crippen LogP contribution in [0.4, 0.5) is 11.4 Å². The minimum absolute atomic E-state index is 0.0616. The van der Waals surface area contributed by atoms with Crippen molar-refractivity contribution in [1.82, 2.24) is 4.98 Å². The zero-order valence-electron chi connectivity index (χ0n) is 17.3. The number of carbonyl (C=O) groups is 1. The number of anilines is 2. The fourth-order valence-electron chi connectivity index (χ4n) is 3.41. The van der Waals surface area contributed by atoms with Crippen molar-refractivity contribution in [3.8, 4) is 11.5 Å². The summed E-state index contributed by atoms with van der Waals surface area (Å²) in [7, 11) is -3.83. The van der Waals surface area contributed by atoms with Crippen LogP contribution in [0.25, 0.3) is 10.9 Å². The molecular formula is C24H19N3O5S. The van der Waals surface area contributed by atoms with Crippen LogP contribution in [0.2, 0.25) is 0 Å². The quantitative estimate of drug-likeness (QED) is 0.464. The number of pyridine rings is 1. The molecule has 5 rings (SSSR count). The topological polar surface area (TPSA) is 107 Å². The van der Waals surface area contributed by atoms with E-state index in [0.717, 1.165) is 10.9 Å². The third-order valence-electron chi connectivity index (χ3n) is 5.05. The van der Waals surface area contributed by atoms with Gasteiger partial charge in [-0.1, -0.05) is 24.3 Å². The first-order chi connectivity index (χ1) is 16.0. The molecule has 4 aromatic rings. The van der Waals surface area contributed by atoms with Gasteiger partial charge in [-0.05, 0) is 48.5 Å². The van der Waals surface area contributed by atoms with E-state index in [9.17, 15) is 13.2 Å². The first kappa shape index (κ1) is 20.8. The summed E-state index contributed by atoms with van der Waals surface area (Å²) < 4.78 is 38.9. The van der Waals surface area contributed by atoms with Gasteiger partial charge in [0.15, 0.2) is 11.5 Å². The Bertz CT molecular complexity index is 1450. The molecule has 0 spiro atoms. The normalized spacial score (nSPS) is 12.8. The number of sulfonamides is 1. The van der Waals surface area contributed by atoms with Crippen LogP contribution >= 0.6 is 0 Å². The largest absolute Gasteiger partial charge is 0.486 e. The predicted molar refractivity (Wildman–Crippen MR) is 124 cm³/mol. The second-order valence-electron chi connectivity index (χ2n) is 7.33. The van der Waals surface area contributed by atoms with Crippen molar-refractivity contribution in [2.45, 2.75) is 4.90 Å². The highest BCUT2D eigenvalue weighted by molar-refractivity contribution is 7.92. The summed E-state index contributed by atoms with van der Waals surface area (Å²) in [6, 6.07) is 21.9. The molecule has 0 aliphatic carbocycles. The van der Waals surface area contributed by atoms with Gasteiger partial charge in [-0.3, -0.25) is 9.52 Å². The van der Waals surface area contributed by atoms with E-state index in [1.165, 1.54) is 12.1 Å². The fourth-order valence-corrected chi connectivity index (χ4v) is 4.49. The van der Waals surface area contributed by atoms with Gasteiger partial charge in [0, 0.05) is 22.8 Å². The van der Waals surface area contributed by atoms with Crippen LogP contribution in [0, 0.1) is 0 Å². The standard InChI is InChI=1S/C24H19N3O5S/c28-24(21-11-5-16-3-1-2-4-20(16)26-21)25-17-6-8-18(9-7-17)27-33(29,30)19-10-12-22-23(15-19)32-14-13-31-22/h1-12,15,27H,13-14H2,(H,25,28). The molecular weight excluding hydrogens is 442 g/mol. The first-order valence-corrected chi connectivity index (χ1v) is 11.7. The second kappa shape index (κ2) is 8.44. The third kappa shape index (κ3) is 4.44. The summed E-state index contributed by atoms with van der Waals surface area (Å²) in [5.41, 5.74) is 1.88. The van der Waals surface area contributed by atoms with Crippen LogP contribution in [-0.4, -0.2) is 32.5 Å². The Labute approximate surface area is 190 Å². The average molecular weight is 461 g/mol. The highest BCUT2D eigenvalue weighted by Crippen LogP contribution is 2.32. The van der Waals surface area contributed by atoms with Crippen molar-refractivity contribution in [3.63, 3.8) is 0 Å². The van der Waals surface area contributed by atoms with Crippen LogP contribution in [0.5, 0.6) is 11.5 Å². The maximum Gasteiger partial charge on any atom is 0.274 e. The lowest BCUT2D eigenvalue weighted by Gasteiger charge is -2.19. The third-order valence-corrected chi connectivity index (χ3v) is 6.43. The van der Waals surface area contributed by atoms with Gasteiger partial charge in [0.1, 0.15) is 18.9 Å². The monoisotopic (exact) mass is 461 g/mol. The molecule has 0 saturated carbocycles. The molecule has 1 amide bonds. The lowest BCUT2D eigenvalue weighted by atomic mass is 10.2. The summed E-state index contributed by atoms with van der Waals surface area (Å²) in [4.78, 5) is 17.0. The van der Waals surface area contributed by atoms with E-state index in [1.807, 2.05) is 30.3 Å². The number of nitrogens with one attached hydrogen (secondary N) is 2. The maximum atomic E-state index is 12.8. The molecule has 0 saturated heterocycles. The van der Waals surface area contributed by atoms with Gasteiger partial charge in [0.2, 0.25) is 0 Å². The Balaban J connectivity index is 1.28. The predicted octanol–water partition coefficient (Wildman–Crippen LogP) is 4.06. The molecule has 3 aromatic carbocycles. The molecule has 0 bridgehead atoms. The van der Waals surface area contributed by atoms with Crippen LogP contribution in [-0.2, 0) is 10.0 Å². The summed E-state index contributed by atoms with van der Waals surface area (Å²) in [6.45, 7) is 0.795. The smallest absolute Gasteiger partial charge is 0.274 e. The second-order valence-corrected chi connectivity index (χ2v) is 9.01. The van der Waals surface area contributed by atoms with E-state index < -0.39 is 10.0 Å². The van der Waals surface area contributed by atoms with Gasteiger partial charge < -0.3 is 14.8 Å². The van der Waals surface area contributed by atoms with Crippen LogP contribution < -0.4 is 19.5 Å². The number of benzene rings is 3. The fraction of sp³-hybridized carbons (Fsp3) is 0.0833. The molecule has 2 N–H and O–H groups in total. The van der Waals surface area contributed by atoms with Crippen LogP contribution in [0.1, 0.15) is 10.5 Å². The molecule has 0 atom stereocenters. The summed E-state index contributed by atoms with van der Waals surface area (Å²) in [5, 5.41) is 3.72. The number of ether oxygens (including phenoxy) is 2. The van der Waals surface area contributed by atoms with E-state index >= 15 is 0 Å². The Morgan fingerprint density at radius 2 is 1.55 bits per heavy atom. The van der Waals surface area contributed by atoms with Crippen molar-refractivity contribution >= 4 is 38.2 Å². The maximum absolute atomic E-state index is 12.8. The molecule has 1 aliphatic rings. The van der Waals surface area contributed by atoms with Gasteiger partial charge in [-0.15, -0.1) is 0 Å². The Morgan fingerprint density at radius 3 is 2.36 bits per heavy atom. The molecule has 8 nitrogen and oxygen atoms in total. The highest BCUT2D eigenvalue weighted by atomic mass is 32.2. The Morgan fingerprint density at radius 1 is 0.818 bits per heavy atom. The molecule has 1 aromatic heterocycles. The molecule has 33 heavy (non-hydrogen) atoms. The summed E-state index contributed by atoms with van der Waals surface area (Å²) in [5.74, 6) is 0.552. The van der Waals surface area contributed by atoms with Crippen molar-refractivity contribution in [2.75, 3.05) is 23.3 Å². The number of aromatic nitrogens is 1. The number of amides is 1. The number of hydrogen-bond donors (Lipinski definition) is 2. The van der Waals surface area contributed by atoms with Crippen LogP contribution in [0.3, 0.4) is 0 Å². The van der Waals surface area contributed by atoms with E-state index in [1.54, 1.807) is 36.4 Å². The van der Waals surface area contributed by atoms with E-state index in [4.69, 9.17) is 9.47 Å². The van der Waals surface area contributed by atoms with Gasteiger partial charge in [-0.25, -0.2) is 13.4 Å². The number of nitrogens with zero attached hydrogens (tertiary/aromatic N) is 1. The molecule has 0 fully saturated rings. The minimum Gasteiger partial charge on any atom is -0.486 e. The summed E-state index contributed by atoms with van der Waals surface area (Å²) >= 11 is 0. The van der Waals surface area contributed by atoms with Crippen LogP contribution in [0.15, 0.2) is 83.8 Å². The number of fused-ring (bicyclic) bond motifs is 2. The Hall–Kier alpha value is -4.11. The average Bonchev–Trinajstić information content (AvgIpc) is 2.84. The van der Waals surface area contributed by atoms with Crippen molar-refractivity contribution in [3.05, 3.63) is 84.6 Å². The molecule has 9 heteroatoms. The zero-order chi connectivity index (χ0) is 22.8. The lowest BCUT2D eigenvalue weighted by molar-refractivity contribution is 0.102. The molecule has 0 radical (unpaired) electrons. The number of hydrogen-bond acceptors (Lipinski definition) is 6. The van der Waals surface area contributed by atoms with Crippen molar-refractivity contribution < 1.29 is 22.7 Å². The van der Waals surface area contributed by atoms with Crippen molar-refractivity contribution in [1.29, 1.82) is 0 Å². The SMILES string of the molecule is O=C(Nc1ccc(NS(=O)(=O)c2ccc3c(c2)OCCO3)cc1)c1ccc2ccccc2n1. The molecule has 1 aliphatic heterocycles. The molecule has 166 valence electrons. The van der Waals surface area contributed by atoms with Gasteiger partial charge in [0.25, 0.3) is 15.9 Å². The van der Waals surface area contributed by atoms with Gasteiger partial charge in [-0.2, -0.15) is 0 Å². The highest BCUT2D eigenvalue weighted by Gasteiger charge is 2.19. The molecule has 2 heterocycles. The van der Waals surface area contributed by atoms with E-state index in [-0.39, 0.29) is 16.5 Å². The number of para-hydroxylation sites is 1. The number of rotatable bonds is 5. The lowest BCUT2D eigenvalue weighted by Crippen LogP contribution is -2.17. The molecule has 0 unspecified atom stereocenters. The van der Waals surface area contributed by atoms with E-state index in [0.29, 0.717) is 36.1 Å². The zero-order valence-corrected chi connectivity index (χ0v) is 18.1. The first-order valence-electron chi connectivity index (χ1n) is 10.2. The number of carbonyl (C=O) groups excluding carboxylic acids is 1. The van der Waals surface area contributed by atoms with E-state index in [2.05, 4.69) is 15.0 Å².